The van der Waals surface area contributed by atoms with E-state index >= 15 is 0 Å². The molecule has 0 amide bonds. The van der Waals surface area contributed by atoms with Crippen LogP contribution in [0.3, 0.4) is 0 Å². The van der Waals surface area contributed by atoms with Gasteiger partial charge in [-0.2, -0.15) is 0 Å². The molecule has 0 saturated carbocycles. The summed E-state index contributed by atoms with van der Waals surface area (Å²) in [4.78, 5) is 0. The minimum atomic E-state index is -0.00758. The lowest BCUT2D eigenvalue weighted by atomic mass is 9.85. The Labute approximate surface area is 130 Å². The summed E-state index contributed by atoms with van der Waals surface area (Å²) in [5, 5.41) is 22.0. The highest BCUT2D eigenvalue weighted by molar-refractivity contribution is 5.96. The Kier molecular flexibility index (Phi) is 3.97. The van der Waals surface area contributed by atoms with Crippen LogP contribution in [0.1, 0.15) is 22.3 Å². The molecule has 3 rings (SSSR count). The van der Waals surface area contributed by atoms with Crippen LogP contribution in [0.5, 0.6) is 0 Å². The van der Waals surface area contributed by atoms with Crippen LogP contribution in [0, 0.1) is 13.8 Å². The molecule has 0 saturated heterocycles. The molecule has 0 bridgehead atoms. The molecule has 22 heavy (non-hydrogen) atoms. The average molecular weight is 292 g/mol. The lowest BCUT2D eigenvalue weighted by molar-refractivity contribution is 0.280. The fraction of sp³-hybridized carbons (Fsp3) is 0.200. The number of aliphatic hydroxyl groups excluding tert-OH is 2. The predicted octanol–water partition coefficient (Wildman–Crippen LogP) is 4.11. The molecule has 0 atom stereocenters. The molecule has 112 valence electrons. The molecule has 0 radical (unpaired) electrons. The van der Waals surface area contributed by atoms with Crippen LogP contribution in [0.4, 0.5) is 0 Å². The summed E-state index contributed by atoms with van der Waals surface area (Å²) >= 11 is 0. The average Bonchev–Trinajstić information content (AvgIpc) is 2.58. The molecule has 3 aromatic rings. The molecule has 2 nitrogen and oxygen atoms in total. The van der Waals surface area contributed by atoms with Crippen molar-refractivity contribution in [1.29, 1.82) is 0 Å². The molecule has 0 heterocycles. The molecule has 0 aromatic heterocycles. The zero-order valence-corrected chi connectivity index (χ0v) is 12.9. The van der Waals surface area contributed by atoms with Crippen LogP contribution < -0.4 is 0 Å². The topological polar surface area (TPSA) is 40.5 Å². The van der Waals surface area contributed by atoms with Gasteiger partial charge >= 0.3 is 0 Å². The van der Waals surface area contributed by atoms with Gasteiger partial charge in [-0.05, 0) is 58.0 Å². The van der Waals surface area contributed by atoms with Crippen molar-refractivity contribution in [2.45, 2.75) is 27.1 Å². The Bertz CT molecular complexity index is 834. The Balaban J connectivity index is 2.45. The van der Waals surface area contributed by atoms with Gasteiger partial charge in [-0.3, -0.25) is 0 Å². The van der Waals surface area contributed by atoms with E-state index in [9.17, 15) is 10.2 Å². The van der Waals surface area contributed by atoms with Crippen LogP contribution in [-0.4, -0.2) is 10.2 Å². The molecule has 0 spiro atoms. The first kappa shape index (κ1) is 14.8. The van der Waals surface area contributed by atoms with Gasteiger partial charge in [-0.15, -0.1) is 0 Å². The van der Waals surface area contributed by atoms with Gasteiger partial charge in [0, 0.05) is 0 Å². The maximum atomic E-state index is 9.95. The van der Waals surface area contributed by atoms with E-state index in [2.05, 4.69) is 26.0 Å². The van der Waals surface area contributed by atoms with Crippen molar-refractivity contribution in [1.82, 2.24) is 0 Å². The largest absolute Gasteiger partial charge is 0.392 e. The third-order valence-electron chi connectivity index (χ3n) is 4.48. The number of aryl methyl sites for hydroxylation is 2. The number of rotatable bonds is 3. The Morgan fingerprint density at radius 1 is 0.727 bits per heavy atom. The van der Waals surface area contributed by atoms with E-state index in [-0.39, 0.29) is 13.2 Å². The maximum absolute atomic E-state index is 9.95. The monoisotopic (exact) mass is 292 g/mol. The first-order valence-corrected chi connectivity index (χ1v) is 7.49. The summed E-state index contributed by atoms with van der Waals surface area (Å²) in [6, 6.07) is 16.1. The number of hydrogen-bond donors (Lipinski definition) is 2. The van der Waals surface area contributed by atoms with Crippen molar-refractivity contribution < 1.29 is 10.2 Å². The van der Waals surface area contributed by atoms with Gasteiger partial charge in [0.15, 0.2) is 0 Å². The first-order chi connectivity index (χ1) is 10.7. The highest BCUT2D eigenvalue weighted by Gasteiger charge is 2.17. The molecule has 2 heteroatoms. The van der Waals surface area contributed by atoms with E-state index in [1.54, 1.807) is 0 Å². The van der Waals surface area contributed by atoms with Crippen molar-refractivity contribution in [3.63, 3.8) is 0 Å². The minimum absolute atomic E-state index is 0.00734. The maximum Gasteiger partial charge on any atom is 0.0690 e. The SMILES string of the molecule is Cc1c(CO)c(-c2ccccc2CO)c(C)c2ccccc12. The Morgan fingerprint density at radius 3 is 1.95 bits per heavy atom. The Hall–Kier alpha value is -2.16. The lowest BCUT2D eigenvalue weighted by Crippen LogP contribution is -2.01. The quantitative estimate of drug-likeness (QED) is 0.762. The van der Waals surface area contributed by atoms with Gasteiger partial charge in [0.2, 0.25) is 0 Å². The van der Waals surface area contributed by atoms with Crippen LogP contribution in [-0.2, 0) is 13.2 Å². The third kappa shape index (κ3) is 2.21. The third-order valence-corrected chi connectivity index (χ3v) is 4.48. The molecule has 0 aliphatic heterocycles. The van der Waals surface area contributed by atoms with Crippen molar-refractivity contribution in [3.05, 3.63) is 70.8 Å². The van der Waals surface area contributed by atoms with Crippen molar-refractivity contribution in [3.8, 4) is 11.1 Å². The van der Waals surface area contributed by atoms with E-state index in [1.165, 1.54) is 10.8 Å². The van der Waals surface area contributed by atoms with E-state index in [0.29, 0.717) is 0 Å². The summed E-state index contributed by atoms with van der Waals surface area (Å²) in [7, 11) is 0. The summed E-state index contributed by atoms with van der Waals surface area (Å²) in [6.07, 6.45) is 0. The standard InChI is InChI=1S/C20H20O2/c1-13-16-8-5-6-9-17(16)14(2)20(19(13)12-22)18-10-4-3-7-15(18)11-21/h3-10,21-22H,11-12H2,1-2H3. The van der Waals surface area contributed by atoms with Crippen molar-refractivity contribution in [2.24, 2.45) is 0 Å². The van der Waals surface area contributed by atoms with Crippen molar-refractivity contribution in [2.75, 3.05) is 0 Å². The van der Waals surface area contributed by atoms with E-state index in [1.807, 2.05) is 36.4 Å². The molecule has 3 aromatic carbocycles. The van der Waals surface area contributed by atoms with Gasteiger partial charge in [-0.25, -0.2) is 0 Å². The van der Waals surface area contributed by atoms with E-state index in [4.69, 9.17) is 0 Å². The smallest absolute Gasteiger partial charge is 0.0690 e. The van der Waals surface area contributed by atoms with Gasteiger partial charge in [0.05, 0.1) is 13.2 Å². The molecule has 0 unspecified atom stereocenters. The first-order valence-electron chi connectivity index (χ1n) is 7.49. The fourth-order valence-electron chi connectivity index (χ4n) is 3.31. The van der Waals surface area contributed by atoms with Crippen LogP contribution in [0.15, 0.2) is 48.5 Å². The molecular formula is C20H20O2. The second-order valence-electron chi connectivity index (χ2n) is 5.62. The second-order valence-corrected chi connectivity index (χ2v) is 5.62. The van der Waals surface area contributed by atoms with Gasteiger partial charge in [-0.1, -0.05) is 48.5 Å². The highest BCUT2D eigenvalue weighted by atomic mass is 16.3. The minimum Gasteiger partial charge on any atom is -0.392 e. The molecular weight excluding hydrogens is 272 g/mol. The van der Waals surface area contributed by atoms with Gasteiger partial charge in [0.25, 0.3) is 0 Å². The zero-order valence-electron chi connectivity index (χ0n) is 12.9. The van der Waals surface area contributed by atoms with Gasteiger partial charge < -0.3 is 10.2 Å². The number of hydrogen-bond acceptors (Lipinski definition) is 2. The Morgan fingerprint density at radius 2 is 1.32 bits per heavy atom. The van der Waals surface area contributed by atoms with E-state index < -0.39 is 0 Å². The summed E-state index contributed by atoms with van der Waals surface area (Å²) in [6.45, 7) is 4.13. The highest BCUT2D eigenvalue weighted by Crippen LogP contribution is 2.38. The summed E-state index contributed by atoms with van der Waals surface area (Å²) in [5.41, 5.74) is 6.12. The van der Waals surface area contributed by atoms with Gasteiger partial charge in [0.1, 0.15) is 0 Å². The molecule has 2 N–H and O–H groups in total. The number of benzene rings is 3. The van der Waals surface area contributed by atoms with E-state index in [0.717, 1.165) is 33.4 Å². The predicted molar refractivity (Wildman–Crippen MR) is 90.7 cm³/mol. The number of aliphatic hydroxyl groups is 2. The summed E-state index contributed by atoms with van der Waals surface area (Å²) < 4.78 is 0. The second kappa shape index (κ2) is 5.91. The van der Waals surface area contributed by atoms with Crippen LogP contribution >= 0.6 is 0 Å². The fourth-order valence-corrected chi connectivity index (χ4v) is 3.31. The van der Waals surface area contributed by atoms with Crippen LogP contribution in [0.2, 0.25) is 0 Å². The van der Waals surface area contributed by atoms with Crippen LogP contribution in [0.25, 0.3) is 21.9 Å². The molecule has 0 aliphatic carbocycles. The molecule has 0 fully saturated rings. The normalized spacial score (nSPS) is 11.1. The number of fused-ring (bicyclic) bond motifs is 1. The van der Waals surface area contributed by atoms with Crippen molar-refractivity contribution >= 4 is 10.8 Å². The lowest BCUT2D eigenvalue weighted by Gasteiger charge is -2.20. The summed E-state index contributed by atoms with van der Waals surface area (Å²) in [5.74, 6) is 0. The zero-order chi connectivity index (χ0) is 15.7. The molecule has 0 aliphatic rings.